The summed E-state index contributed by atoms with van der Waals surface area (Å²) in [4.78, 5) is 2.43. The minimum Gasteiger partial charge on any atom is -0.389 e. The van der Waals surface area contributed by atoms with E-state index in [2.05, 4.69) is 25.3 Å². The SMILES string of the molecule is C=CCN1C[C@@H](C)[C@@]2(O)CC[C@H](C)[C@H]2C1. The first-order valence-electron chi connectivity index (χ1n) is 6.13. The third-order valence-corrected chi connectivity index (χ3v) is 4.56. The minimum atomic E-state index is -0.378. The summed E-state index contributed by atoms with van der Waals surface area (Å²) in [5.41, 5.74) is -0.378. The molecular formula is C13H23NO. The summed E-state index contributed by atoms with van der Waals surface area (Å²) in [6.45, 7) is 11.3. The quantitative estimate of drug-likeness (QED) is 0.702. The van der Waals surface area contributed by atoms with E-state index >= 15 is 0 Å². The molecule has 0 amide bonds. The van der Waals surface area contributed by atoms with Gasteiger partial charge in [0.25, 0.3) is 0 Å². The van der Waals surface area contributed by atoms with E-state index in [0.717, 1.165) is 26.1 Å². The fourth-order valence-corrected chi connectivity index (χ4v) is 3.52. The lowest BCUT2D eigenvalue weighted by molar-refractivity contribution is -0.0989. The number of likely N-dealkylation sites (tertiary alicyclic amines) is 1. The van der Waals surface area contributed by atoms with E-state index in [-0.39, 0.29) is 5.60 Å². The maximum absolute atomic E-state index is 10.7. The van der Waals surface area contributed by atoms with Crippen molar-refractivity contribution >= 4 is 0 Å². The second kappa shape index (κ2) is 3.91. The Morgan fingerprint density at radius 1 is 1.47 bits per heavy atom. The van der Waals surface area contributed by atoms with Crippen molar-refractivity contribution in [3.05, 3.63) is 12.7 Å². The second-order valence-corrected chi connectivity index (χ2v) is 5.52. The summed E-state index contributed by atoms with van der Waals surface area (Å²) in [7, 11) is 0. The van der Waals surface area contributed by atoms with E-state index < -0.39 is 0 Å². The zero-order chi connectivity index (χ0) is 11.1. The Labute approximate surface area is 93.0 Å². The van der Waals surface area contributed by atoms with Crippen LogP contribution in [0.4, 0.5) is 0 Å². The van der Waals surface area contributed by atoms with Gasteiger partial charge in [-0.1, -0.05) is 19.9 Å². The normalized spacial score (nSPS) is 46.5. The zero-order valence-electron chi connectivity index (χ0n) is 9.95. The van der Waals surface area contributed by atoms with Gasteiger partial charge in [-0.15, -0.1) is 6.58 Å². The number of rotatable bonds is 2. The highest BCUT2D eigenvalue weighted by Crippen LogP contribution is 2.47. The van der Waals surface area contributed by atoms with Crippen molar-refractivity contribution in [1.82, 2.24) is 4.90 Å². The van der Waals surface area contributed by atoms with Gasteiger partial charge in [0.2, 0.25) is 0 Å². The molecular weight excluding hydrogens is 186 g/mol. The van der Waals surface area contributed by atoms with Gasteiger partial charge in [0.15, 0.2) is 0 Å². The molecule has 15 heavy (non-hydrogen) atoms. The smallest absolute Gasteiger partial charge is 0.0728 e. The Kier molecular flexibility index (Phi) is 2.91. The average Bonchev–Trinajstić information content (AvgIpc) is 2.47. The minimum absolute atomic E-state index is 0.378. The standard InChI is InChI=1S/C13H23NO/c1-4-7-14-8-11(3)13(15)6-5-10(2)12(13)9-14/h4,10-12,15H,1,5-9H2,2-3H3/t10-,11+,12+,13-/m0/s1. The number of hydrogen-bond acceptors (Lipinski definition) is 2. The van der Waals surface area contributed by atoms with Crippen LogP contribution in [0.1, 0.15) is 26.7 Å². The van der Waals surface area contributed by atoms with Crippen LogP contribution in [0, 0.1) is 17.8 Å². The van der Waals surface area contributed by atoms with Crippen LogP contribution < -0.4 is 0 Å². The lowest BCUT2D eigenvalue weighted by Crippen LogP contribution is -2.55. The van der Waals surface area contributed by atoms with Crippen molar-refractivity contribution in [3.8, 4) is 0 Å². The molecule has 0 bridgehead atoms. The van der Waals surface area contributed by atoms with E-state index in [1.165, 1.54) is 6.42 Å². The van der Waals surface area contributed by atoms with Gasteiger partial charge in [-0.25, -0.2) is 0 Å². The summed E-state index contributed by atoms with van der Waals surface area (Å²) in [6.07, 6.45) is 4.16. The van der Waals surface area contributed by atoms with E-state index in [0.29, 0.717) is 17.8 Å². The third kappa shape index (κ3) is 1.74. The molecule has 0 aromatic rings. The molecule has 0 spiro atoms. The maximum atomic E-state index is 10.7. The number of piperidine rings is 1. The number of nitrogens with zero attached hydrogens (tertiary/aromatic N) is 1. The number of hydrogen-bond donors (Lipinski definition) is 1. The topological polar surface area (TPSA) is 23.5 Å². The highest BCUT2D eigenvalue weighted by Gasteiger charge is 2.51. The Hall–Kier alpha value is -0.340. The molecule has 0 aromatic carbocycles. The maximum Gasteiger partial charge on any atom is 0.0728 e. The van der Waals surface area contributed by atoms with E-state index in [1.807, 2.05) is 6.08 Å². The molecule has 0 radical (unpaired) electrons. The molecule has 2 rings (SSSR count). The molecule has 0 unspecified atom stereocenters. The van der Waals surface area contributed by atoms with Crippen molar-refractivity contribution in [2.45, 2.75) is 32.3 Å². The van der Waals surface area contributed by atoms with Crippen molar-refractivity contribution in [3.63, 3.8) is 0 Å². The van der Waals surface area contributed by atoms with Crippen LogP contribution in [0.5, 0.6) is 0 Å². The van der Waals surface area contributed by atoms with Crippen molar-refractivity contribution in [1.29, 1.82) is 0 Å². The largest absolute Gasteiger partial charge is 0.389 e. The van der Waals surface area contributed by atoms with Crippen LogP contribution in [0.15, 0.2) is 12.7 Å². The van der Waals surface area contributed by atoms with Crippen LogP contribution in [-0.4, -0.2) is 35.2 Å². The Bertz CT molecular complexity index is 253. The number of fused-ring (bicyclic) bond motifs is 1. The summed E-state index contributed by atoms with van der Waals surface area (Å²) in [5.74, 6) is 1.55. The lowest BCUT2D eigenvalue weighted by Gasteiger charge is -2.46. The molecule has 2 fully saturated rings. The van der Waals surface area contributed by atoms with Gasteiger partial charge in [-0.2, -0.15) is 0 Å². The molecule has 1 saturated carbocycles. The predicted molar refractivity (Wildman–Crippen MR) is 62.6 cm³/mol. The van der Waals surface area contributed by atoms with Crippen LogP contribution in [0.25, 0.3) is 0 Å². The molecule has 1 heterocycles. The fourth-order valence-electron chi connectivity index (χ4n) is 3.52. The number of aliphatic hydroxyl groups is 1. The first-order chi connectivity index (χ1) is 7.08. The summed E-state index contributed by atoms with van der Waals surface area (Å²) in [5, 5.41) is 10.7. The van der Waals surface area contributed by atoms with Crippen LogP contribution in [-0.2, 0) is 0 Å². The molecule has 1 aliphatic carbocycles. The van der Waals surface area contributed by atoms with Gasteiger partial charge < -0.3 is 5.11 Å². The van der Waals surface area contributed by atoms with Crippen molar-refractivity contribution < 1.29 is 5.11 Å². The highest BCUT2D eigenvalue weighted by atomic mass is 16.3. The van der Waals surface area contributed by atoms with Gasteiger partial charge in [-0.3, -0.25) is 4.90 Å². The molecule has 2 aliphatic rings. The van der Waals surface area contributed by atoms with Gasteiger partial charge in [-0.05, 0) is 24.7 Å². The lowest BCUT2D eigenvalue weighted by atomic mass is 9.74. The summed E-state index contributed by atoms with van der Waals surface area (Å²) >= 11 is 0. The molecule has 1 aliphatic heterocycles. The van der Waals surface area contributed by atoms with Gasteiger partial charge >= 0.3 is 0 Å². The second-order valence-electron chi connectivity index (χ2n) is 5.52. The van der Waals surface area contributed by atoms with Gasteiger partial charge in [0.05, 0.1) is 5.60 Å². The van der Waals surface area contributed by atoms with Crippen LogP contribution >= 0.6 is 0 Å². The van der Waals surface area contributed by atoms with Gasteiger partial charge in [0.1, 0.15) is 0 Å². The highest BCUT2D eigenvalue weighted by molar-refractivity contribution is 5.04. The first-order valence-corrected chi connectivity index (χ1v) is 6.13. The van der Waals surface area contributed by atoms with E-state index in [1.54, 1.807) is 0 Å². The summed E-state index contributed by atoms with van der Waals surface area (Å²) < 4.78 is 0. The molecule has 2 nitrogen and oxygen atoms in total. The Morgan fingerprint density at radius 3 is 2.87 bits per heavy atom. The van der Waals surface area contributed by atoms with Crippen molar-refractivity contribution in [2.75, 3.05) is 19.6 Å². The van der Waals surface area contributed by atoms with Crippen LogP contribution in [0.2, 0.25) is 0 Å². The molecule has 1 saturated heterocycles. The third-order valence-electron chi connectivity index (χ3n) is 4.56. The molecule has 4 atom stereocenters. The molecule has 86 valence electrons. The fraction of sp³-hybridized carbons (Fsp3) is 0.846. The Balaban J connectivity index is 2.13. The molecule has 1 N–H and O–H groups in total. The zero-order valence-corrected chi connectivity index (χ0v) is 9.95. The summed E-state index contributed by atoms with van der Waals surface area (Å²) in [6, 6.07) is 0. The molecule has 2 heteroatoms. The molecule has 0 aromatic heterocycles. The van der Waals surface area contributed by atoms with Crippen molar-refractivity contribution in [2.24, 2.45) is 17.8 Å². The van der Waals surface area contributed by atoms with E-state index in [4.69, 9.17) is 0 Å². The monoisotopic (exact) mass is 209 g/mol. The van der Waals surface area contributed by atoms with Gasteiger partial charge in [0, 0.05) is 25.6 Å². The Morgan fingerprint density at radius 2 is 2.20 bits per heavy atom. The van der Waals surface area contributed by atoms with E-state index in [9.17, 15) is 5.11 Å². The predicted octanol–water partition coefficient (Wildman–Crippen LogP) is 1.90. The average molecular weight is 209 g/mol. The van der Waals surface area contributed by atoms with Crippen LogP contribution in [0.3, 0.4) is 0 Å². The first kappa shape index (κ1) is 11.2.